The van der Waals surface area contributed by atoms with Gasteiger partial charge in [-0.3, -0.25) is 4.79 Å². The van der Waals surface area contributed by atoms with E-state index in [4.69, 9.17) is 4.74 Å². The van der Waals surface area contributed by atoms with E-state index in [0.29, 0.717) is 37.7 Å². The number of nitrogens with one attached hydrogen (secondary N) is 1. The Morgan fingerprint density at radius 1 is 1.35 bits per heavy atom. The first kappa shape index (κ1) is 21.7. The lowest BCUT2D eigenvalue weighted by molar-refractivity contribution is -0.120. The van der Waals surface area contributed by atoms with Crippen LogP contribution in [0.4, 0.5) is 5.13 Å². The molecule has 1 N–H and O–H groups in total. The van der Waals surface area contributed by atoms with E-state index < -0.39 is 15.9 Å². The number of benzene rings is 1. The fraction of sp³-hybridized carbons (Fsp3) is 0.450. The average Bonchev–Trinajstić information content (AvgIpc) is 3.40. The van der Waals surface area contributed by atoms with Crippen LogP contribution in [0.3, 0.4) is 0 Å². The van der Waals surface area contributed by atoms with Crippen molar-refractivity contribution in [3.63, 3.8) is 0 Å². The SMILES string of the molecule is CCOc1ccc2nc(NC(=O)C3CCCN(S(=O)(=O)c4cn(CC)cn4)C3)sc2c1. The van der Waals surface area contributed by atoms with Crippen molar-refractivity contribution in [2.24, 2.45) is 5.92 Å². The van der Waals surface area contributed by atoms with Crippen molar-refractivity contribution in [3.05, 3.63) is 30.7 Å². The standard InChI is InChI=1S/C20H25N5O4S2/c1-3-24-12-18(21-13-24)31(27,28)25-9-5-6-14(11-25)19(26)23-20-22-16-8-7-15(29-4-2)10-17(16)30-20/h7-8,10,12-14H,3-6,9,11H2,1-2H3,(H,22,23,26). The number of imidazole rings is 1. The molecule has 3 heterocycles. The molecule has 1 atom stereocenters. The molecule has 2 aromatic heterocycles. The number of piperidine rings is 1. The van der Waals surface area contributed by atoms with Gasteiger partial charge < -0.3 is 14.6 Å². The first-order valence-electron chi connectivity index (χ1n) is 10.3. The highest BCUT2D eigenvalue weighted by molar-refractivity contribution is 7.89. The number of nitrogens with zero attached hydrogens (tertiary/aromatic N) is 4. The summed E-state index contributed by atoms with van der Waals surface area (Å²) in [4.78, 5) is 21.4. The Morgan fingerprint density at radius 3 is 2.94 bits per heavy atom. The molecule has 166 valence electrons. The van der Waals surface area contributed by atoms with Gasteiger partial charge in [-0.25, -0.2) is 18.4 Å². The zero-order valence-electron chi connectivity index (χ0n) is 17.4. The Kier molecular flexibility index (Phi) is 6.26. The summed E-state index contributed by atoms with van der Waals surface area (Å²) < 4.78 is 35.4. The maximum Gasteiger partial charge on any atom is 0.262 e. The monoisotopic (exact) mass is 463 g/mol. The van der Waals surface area contributed by atoms with Crippen molar-refractivity contribution in [1.29, 1.82) is 0 Å². The number of aryl methyl sites for hydroxylation is 1. The number of thiazole rings is 1. The van der Waals surface area contributed by atoms with Crippen molar-refractivity contribution in [1.82, 2.24) is 18.8 Å². The van der Waals surface area contributed by atoms with Crippen LogP contribution in [-0.2, 0) is 21.4 Å². The van der Waals surface area contributed by atoms with Gasteiger partial charge in [0.25, 0.3) is 10.0 Å². The third kappa shape index (κ3) is 4.58. The van der Waals surface area contributed by atoms with Crippen LogP contribution >= 0.6 is 11.3 Å². The summed E-state index contributed by atoms with van der Waals surface area (Å²) in [7, 11) is -3.73. The van der Waals surface area contributed by atoms with E-state index in [1.54, 1.807) is 4.57 Å². The minimum Gasteiger partial charge on any atom is -0.494 e. The van der Waals surface area contributed by atoms with Crippen LogP contribution in [0.15, 0.2) is 35.7 Å². The molecule has 0 saturated carbocycles. The maximum absolute atomic E-state index is 12.9. The van der Waals surface area contributed by atoms with Crippen molar-refractivity contribution >= 4 is 42.6 Å². The number of hydrogen-bond acceptors (Lipinski definition) is 7. The molecule has 1 aromatic carbocycles. The number of carbonyl (C=O) groups is 1. The predicted molar refractivity (Wildman–Crippen MR) is 119 cm³/mol. The fourth-order valence-electron chi connectivity index (χ4n) is 3.58. The van der Waals surface area contributed by atoms with Crippen LogP contribution in [0.5, 0.6) is 5.75 Å². The van der Waals surface area contributed by atoms with Crippen LogP contribution in [0.25, 0.3) is 10.2 Å². The van der Waals surface area contributed by atoms with E-state index in [2.05, 4.69) is 15.3 Å². The van der Waals surface area contributed by atoms with Gasteiger partial charge in [-0.05, 0) is 44.9 Å². The zero-order chi connectivity index (χ0) is 22.0. The second-order valence-electron chi connectivity index (χ2n) is 7.32. The summed E-state index contributed by atoms with van der Waals surface area (Å²) in [6.45, 7) is 5.57. The van der Waals surface area contributed by atoms with Gasteiger partial charge in [-0.2, -0.15) is 4.31 Å². The van der Waals surface area contributed by atoms with Gasteiger partial charge >= 0.3 is 0 Å². The number of ether oxygens (including phenoxy) is 1. The molecule has 9 nitrogen and oxygen atoms in total. The van der Waals surface area contributed by atoms with Crippen LogP contribution in [-0.4, -0.2) is 52.9 Å². The highest BCUT2D eigenvalue weighted by Gasteiger charge is 2.34. The molecule has 11 heteroatoms. The lowest BCUT2D eigenvalue weighted by Crippen LogP contribution is -2.43. The van der Waals surface area contributed by atoms with E-state index in [-0.39, 0.29) is 17.5 Å². The molecular formula is C20H25N5O4S2. The second-order valence-corrected chi connectivity index (χ2v) is 10.2. The van der Waals surface area contributed by atoms with Crippen molar-refractivity contribution in [3.8, 4) is 5.75 Å². The lowest BCUT2D eigenvalue weighted by Gasteiger charge is -2.30. The largest absolute Gasteiger partial charge is 0.494 e. The van der Waals surface area contributed by atoms with Crippen molar-refractivity contribution in [2.45, 2.75) is 38.3 Å². The first-order valence-corrected chi connectivity index (χ1v) is 12.5. The molecule has 0 bridgehead atoms. The topological polar surface area (TPSA) is 106 Å². The molecule has 31 heavy (non-hydrogen) atoms. The minimum atomic E-state index is -3.73. The molecule has 1 fully saturated rings. The molecule has 1 unspecified atom stereocenters. The van der Waals surface area contributed by atoms with E-state index in [9.17, 15) is 13.2 Å². The predicted octanol–water partition coefficient (Wildman–Crippen LogP) is 2.95. The number of aromatic nitrogens is 3. The molecule has 3 aromatic rings. The first-order chi connectivity index (χ1) is 14.9. The van der Waals surface area contributed by atoms with Crippen LogP contribution in [0, 0.1) is 5.92 Å². The van der Waals surface area contributed by atoms with Crippen LogP contribution in [0.1, 0.15) is 26.7 Å². The summed E-state index contributed by atoms with van der Waals surface area (Å²) >= 11 is 1.37. The quantitative estimate of drug-likeness (QED) is 0.577. The number of amides is 1. The molecule has 0 radical (unpaired) electrons. The van der Waals surface area contributed by atoms with Gasteiger partial charge in [0, 0.05) is 25.8 Å². The average molecular weight is 464 g/mol. The molecule has 1 saturated heterocycles. The minimum absolute atomic E-state index is 0.0201. The van der Waals surface area contributed by atoms with E-state index in [1.165, 1.54) is 28.2 Å². The summed E-state index contributed by atoms with van der Waals surface area (Å²) in [5.74, 6) is 0.0982. The van der Waals surface area contributed by atoms with Gasteiger partial charge in [0.15, 0.2) is 10.2 Å². The van der Waals surface area contributed by atoms with E-state index >= 15 is 0 Å². The zero-order valence-corrected chi connectivity index (χ0v) is 19.1. The number of anilines is 1. The number of hydrogen-bond donors (Lipinski definition) is 1. The summed E-state index contributed by atoms with van der Waals surface area (Å²) in [6.07, 6.45) is 4.27. The third-order valence-corrected chi connectivity index (χ3v) is 7.92. The molecule has 1 aliphatic rings. The van der Waals surface area contributed by atoms with E-state index in [0.717, 1.165) is 16.0 Å². The summed E-state index contributed by atoms with van der Waals surface area (Å²) in [6, 6.07) is 5.61. The van der Waals surface area contributed by atoms with Gasteiger partial charge in [-0.1, -0.05) is 11.3 Å². The molecule has 1 aliphatic heterocycles. The lowest BCUT2D eigenvalue weighted by atomic mass is 9.99. The molecule has 0 spiro atoms. The molecule has 1 amide bonds. The molecule has 4 rings (SSSR count). The van der Waals surface area contributed by atoms with E-state index in [1.807, 2.05) is 32.0 Å². The van der Waals surface area contributed by atoms with Crippen LogP contribution in [0.2, 0.25) is 0 Å². The molecular weight excluding hydrogens is 438 g/mol. The Balaban J connectivity index is 1.45. The highest BCUT2D eigenvalue weighted by Crippen LogP contribution is 2.30. The van der Waals surface area contributed by atoms with Gasteiger partial charge in [-0.15, -0.1) is 0 Å². The van der Waals surface area contributed by atoms with Gasteiger partial charge in [0.1, 0.15) is 5.75 Å². The maximum atomic E-state index is 12.9. The number of fused-ring (bicyclic) bond motifs is 1. The number of sulfonamides is 1. The van der Waals surface area contributed by atoms with Gasteiger partial charge in [0.2, 0.25) is 5.91 Å². The van der Waals surface area contributed by atoms with Gasteiger partial charge in [0.05, 0.1) is 29.1 Å². The summed E-state index contributed by atoms with van der Waals surface area (Å²) in [5.41, 5.74) is 0.781. The smallest absolute Gasteiger partial charge is 0.262 e. The Bertz CT molecular complexity index is 1190. The summed E-state index contributed by atoms with van der Waals surface area (Å²) in [5, 5.41) is 3.38. The number of rotatable bonds is 7. The Morgan fingerprint density at radius 2 is 2.19 bits per heavy atom. The van der Waals surface area contributed by atoms with Crippen molar-refractivity contribution < 1.29 is 17.9 Å². The Hall–Kier alpha value is -2.50. The number of carbonyl (C=O) groups excluding carboxylic acids is 1. The normalized spacial score (nSPS) is 17.7. The van der Waals surface area contributed by atoms with Crippen molar-refractivity contribution in [2.75, 3.05) is 25.0 Å². The molecule has 0 aliphatic carbocycles. The second kappa shape index (κ2) is 8.93. The fourth-order valence-corrected chi connectivity index (χ4v) is 5.93. The highest BCUT2D eigenvalue weighted by atomic mass is 32.2. The Labute approximate surface area is 185 Å². The van der Waals surface area contributed by atoms with Crippen LogP contribution < -0.4 is 10.1 Å². The third-order valence-electron chi connectivity index (χ3n) is 5.23.